The number of rotatable bonds is 9. The molecule has 38 heavy (non-hydrogen) atoms. The summed E-state index contributed by atoms with van der Waals surface area (Å²) >= 11 is 0. The summed E-state index contributed by atoms with van der Waals surface area (Å²) in [6.45, 7) is 6.26. The van der Waals surface area contributed by atoms with Crippen LogP contribution >= 0.6 is 0 Å². The summed E-state index contributed by atoms with van der Waals surface area (Å²) in [5, 5.41) is 13.9. The number of carbonyl (C=O) groups excluding carboxylic acids is 2. The molecule has 208 valence electrons. The number of nitrogens with one attached hydrogen (secondary N) is 1. The van der Waals surface area contributed by atoms with Crippen LogP contribution < -0.4 is 5.32 Å². The van der Waals surface area contributed by atoms with Gasteiger partial charge in [0.1, 0.15) is 0 Å². The molecule has 0 spiro atoms. The van der Waals surface area contributed by atoms with Crippen molar-refractivity contribution in [2.45, 2.75) is 71.2 Å². The maximum atomic E-state index is 14.6. The molecule has 1 aliphatic carbocycles. The van der Waals surface area contributed by atoms with Gasteiger partial charge in [-0.3, -0.25) is 4.79 Å². The van der Waals surface area contributed by atoms with Crippen molar-refractivity contribution in [1.29, 1.82) is 0 Å². The smallest absolute Gasteiger partial charge is 0.387 e. The normalized spacial score (nSPS) is 15.3. The Morgan fingerprint density at radius 2 is 1.61 bits per heavy atom. The van der Waals surface area contributed by atoms with E-state index in [1.165, 1.54) is 25.0 Å². The van der Waals surface area contributed by atoms with Gasteiger partial charge in [-0.15, -0.1) is 0 Å². The number of halogens is 5. The zero-order valence-corrected chi connectivity index (χ0v) is 21.7. The maximum Gasteiger partial charge on any atom is 0.491 e. The van der Waals surface area contributed by atoms with Crippen molar-refractivity contribution < 1.29 is 41.4 Å². The summed E-state index contributed by atoms with van der Waals surface area (Å²) in [5.74, 6) is -6.28. The molecule has 0 heterocycles. The summed E-state index contributed by atoms with van der Waals surface area (Å²) < 4.78 is 70.2. The standard InChI is InChI=1S/C28H32F5NO4/c1-26(2,24(36)38-25(37)28(31,32)33)13-17-11-20(23(30)21(29)12-17)22(35)15-34-27(3,4)14-16-9-18-7-5-6-8-19(18)10-16/h5-8,11-12,16,22,34-35H,9-10,13-15H2,1-4H3/t22-/m1/s1. The van der Waals surface area contributed by atoms with E-state index in [4.69, 9.17) is 0 Å². The van der Waals surface area contributed by atoms with Crippen LogP contribution in [0.2, 0.25) is 0 Å². The van der Waals surface area contributed by atoms with Gasteiger partial charge in [0.2, 0.25) is 0 Å². The number of carbonyl (C=O) groups is 2. The first-order valence-electron chi connectivity index (χ1n) is 12.3. The fraction of sp³-hybridized carbons (Fsp3) is 0.500. The van der Waals surface area contributed by atoms with E-state index in [9.17, 15) is 36.6 Å². The van der Waals surface area contributed by atoms with Gasteiger partial charge in [0.25, 0.3) is 0 Å². The highest BCUT2D eigenvalue weighted by Crippen LogP contribution is 2.33. The lowest BCUT2D eigenvalue weighted by Crippen LogP contribution is -2.43. The van der Waals surface area contributed by atoms with E-state index in [0.29, 0.717) is 5.92 Å². The molecule has 0 aromatic heterocycles. The third kappa shape index (κ3) is 7.38. The molecule has 0 saturated carbocycles. The zero-order valence-electron chi connectivity index (χ0n) is 21.7. The number of alkyl halides is 3. The first-order chi connectivity index (χ1) is 17.5. The Bertz CT molecular complexity index is 1170. The van der Waals surface area contributed by atoms with Crippen molar-refractivity contribution in [3.8, 4) is 0 Å². The van der Waals surface area contributed by atoms with Crippen LogP contribution in [0, 0.1) is 23.0 Å². The van der Waals surface area contributed by atoms with E-state index in [2.05, 4.69) is 22.2 Å². The van der Waals surface area contributed by atoms with Crippen molar-refractivity contribution in [3.63, 3.8) is 0 Å². The van der Waals surface area contributed by atoms with Gasteiger partial charge in [0.05, 0.1) is 11.5 Å². The number of aliphatic hydroxyl groups excluding tert-OH is 1. The molecule has 2 aromatic carbocycles. The molecule has 2 N–H and O–H groups in total. The summed E-state index contributed by atoms with van der Waals surface area (Å²) in [4.78, 5) is 23.2. The minimum Gasteiger partial charge on any atom is -0.387 e. The van der Waals surface area contributed by atoms with Gasteiger partial charge in [-0.05, 0) is 88.1 Å². The molecular weight excluding hydrogens is 509 g/mol. The number of fused-ring (bicyclic) bond motifs is 1. The topological polar surface area (TPSA) is 75.6 Å². The zero-order chi connectivity index (χ0) is 28.5. The van der Waals surface area contributed by atoms with Crippen molar-refractivity contribution in [1.82, 2.24) is 5.32 Å². The van der Waals surface area contributed by atoms with Gasteiger partial charge < -0.3 is 15.2 Å². The largest absolute Gasteiger partial charge is 0.491 e. The molecule has 0 aliphatic heterocycles. The van der Waals surface area contributed by atoms with Crippen LogP contribution in [-0.4, -0.2) is 35.3 Å². The fourth-order valence-corrected chi connectivity index (χ4v) is 4.95. The van der Waals surface area contributed by atoms with E-state index in [0.717, 1.165) is 31.4 Å². The van der Waals surface area contributed by atoms with E-state index >= 15 is 0 Å². The average molecular weight is 542 g/mol. The highest BCUT2D eigenvalue weighted by molar-refractivity contribution is 5.91. The Labute approximate surface area is 218 Å². The van der Waals surface area contributed by atoms with Gasteiger partial charge in [-0.25, -0.2) is 13.6 Å². The quantitative estimate of drug-likeness (QED) is 0.254. The Kier molecular flexibility index (Phi) is 8.67. The first kappa shape index (κ1) is 29.7. The third-order valence-corrected chi connectivity index (χ3v) is 6.80. The lowest BCUT2D eigenvalue weighted by Gasteiger charge is -2.31. The number of β-amino-alcohol motifs (C(OH)–C–C–N with tert-alkyl or cyclic N) is 1. The van der Waals surface area contributed by atoms with Crippen molar-refractivity contribution in [2.24, 2.45) is 11.3 Å². The van der Waals surface area contributed by atoms with Crippen LogP contribution in [0.1, 0.15) is 62.5 Å². The molecule has 1 atom stereocenters. The molecule has 0 saturated heterocycles. The fourth-order valence-electron chi connectivity index (χ4n) is 4.95. The second-order valence-electron chi connectivity index (χ2n) is 11.2. The molecule has 1 aliphatic rings. The molecule has 0 radical (unpaired) electrons. The molecule has 0 fully saturated rings. The van der Waals surface area contributed by atoms with Crippen LogP contribution in [0.4, 0.5) is 22.0 Å². The monoisotopic (exact) mass is 541 g/mol. The van der Waals surface area contributed by atoms with Crippen LogP contribution in [-0.2, 0) is 33.6 Å². The lowest BCUT2D eigenvalue weighted by atomic mass is 9.85. The van der Waals surface area contributed by atoms with Crippen molar-refractivity contribution >= 4 is 11.9 Å². The van der Waals surface area contributed by atoms with Crippen LogP contribution in [0.3, 0.4) is 0 Å². The Morgan fingerprint density at radius 1 is 1.03 bits per heavy atom. The number of ether oxygens (including phenoxy) is 1. The number of hydrogen-bond acceptors (Lipinski definition) is 5. The molecule has 5 nitrogen and oxygen atoms in total. The molecule has 0 bridgehead atoms. The summed E-state index contributed by atoms with van der Waals surface area (Å²) in [7, 11) is 0. The number of esters is 2. The SMILES string of the molecule is CC(C)(CC1Cc2ccccc2C1)NC[C@@H](O)c1cc(CC(C)(C)C(=O)OC(=O)C(F)(F)F)cc(F)c1F. The highest BCUT2D eigenvalue weighted by Gasteiger charge is 2.45. The van der Waals surface area contributed by atoms with Gasteiger partial charge in [-0.1, -0.05) is 24.3 Å². The molecule has 3 rings (SSSR count). The minimum atomic E-state index is -5.35. The first-order valence-corrected chi connectivity index (χ1v) is 12.3. The van der Waals surface area contributed by atoms with Crippen LogP contribution in [0.5, 0.6) is 0 Å². The van der Waals surface area contributed by atoms with Crippen LogP contribution in [0.15, 0.2) is 36.4 Å². The van der Waals surface area contributed by atoms with Gasteiger partial charge >= 0.3 is 18.1 Å². The average Bonchev–Trinajstić information content (AvgIpc) is 3.20. The van der Waals surface area contributed by atoms with Crippen molar-refractivity contribution in [3.05, 3.63) is 70.3 Å². The lowest BCUT2D eigenvalue weighted by molar-refractivity contribution is -0.204. The van der Waals surface area contributed by atoms with E-state index < -0.39 is 46.8 Å². The van der Waals surface area contributed by atoms with Gasteiger partial charge in [-0.2, -0.15) is 13.2 Å². The second kappa shape index (κ2) is 11.1. The van der Waals surface area contributed by atoms with E-state index in [1.54, 1.807) is 0 Å². The third-order valence-electron chi connectivity index (χ3n) is 6.80. The predicted octanol–water partition coefficient (Wildman–Crippen LogP) is 5.37. The van der Waals surface area contributed by atoms with Crippen LogP contribution in [0.25, 0.3) is 0 Å². The van der Waals surface area contributed by atoms with Crippen molar-refractivity contribution in [2.75, 3.05) is 6.54 Å². The molecule has 2 aromatic rings. The number of aliphatic hydroxyl groups is 1. The molecule has 0 unspecified atom stereocenters. The van der Waals surface area contributed by atoms with E-state index in [-0.39, 0.29) is 24.1 Å². The Morgan fingerprint density at radius 3 is 2.16 bits per heavy atom. The Balaban J connectivity index is 1.65. The Hall–Kier alpha value is -2.85. The summed E-state index contributed by atoms with van der Waals surface area (Å²) in [6.07, 6.45) is -4.48. The minimum absolute atomic E-state index is 0.0438. The second-order valence-corrected chi connectivity index (χ2v) is 11.2. The van der Waals surface area contributed by atoms with Gasteiger partial charge in [0, 0.05) is 17.6 Å². The summed E-state index contributed by atoms with van der Waals surface area (Å²) in [6, 6.07) is 10.2. The predicted molar refractivity (Wildman–Crippen MR) is 130 cm³/mol. The van der Waals surface area contributed by atoms with E-state index in [1.807, 2.05) is 26.0 Å². The number of hydrogen-bond donors (Lipinski definition) is 2. The maximum absolute atomic E-state index is 14.6. The summed E-state index contributed by atoms with van der Waals surface area (Å²) in [5.41, 5.74) is 0.229. The highest BCUT2D eigenvalue weighted by atomic mass is 19.4. The molecule has 10 heteroatoms. The molecular formula is C28H32F5NO4. The van der Waals surface area contributed by atoms with Gasteiger partial charge in [0.15, 0.2) is 11.6 Å². The molecule has 0 amide bonds. The number of benzene rings is 2.